The van der Waals surface area contributed by atoms with Gasteiger partial charge in [-0.1, -0.05) is 41.9 Å². The van der Waals surface area contributed by atoms with E-state index >= 15 is 0 Å². The highest BCUT2D eigenvalue weighted by atomic mass is 35.5. The second-order valence-electron chi connectivity index (χ2n) is 6.05. The number of benzene rings is 2. The average molecular weight is 394 g/mol. The van der Waals surface area contributed by atoms with Gasteiger partial charge in [0.1, 0.15) is 6.04 Å². The van der Waals surface area contributed by atoms with Crippen LogP contribution >= 0.6 is 24.0 Å². The molecule has 3 N–H and O–H groups in total. The van der Waals surface area contributed by atoms with Crippen molar-refractivity contribution in [2.75, 3.05) is 17.2 Å². The highest BCUT2D eigenvalue weighted by molar-refractivity contribution is 6.34. The molecule has 1 atom stereocenters. The van der Waals surface area contributed by atoms with Crippen LogP contribution in [0.4, 0.5) is 11.4 Å². The van der Waals surface area contributed by atoms with Crippen molar-refractivity contribution in [1.29, 1.82) is 0 Å². The van der Waals surface area contributed by atoms with Crippen LogP contribution < -0.4 is 16.0 Å². The zero-order valence-corrected chi connectivity index (χ0v) is 15.7. The normalized spacial score (nSPS) is 16.3. The summed E-state index contributed by atoms with van der Waals surface area (Å²) < 4.78 is 0. The summed E-state index contributed by atoms with van der Waals surface area (Å²) >= 11 is 6.16. The van der Waals surface area contributed by atoms with Crippen LogP contribution in [0.2, 0.25) is 5.02 Å². The van der Waals surface area contributed by atoms with Crippen LogP contribution in [0.3, 0.4) is 0 Å². The standard InChI is InChI=1S/C19H20ClN3O2.ClH/c20-14-6-2-4-8-17(14)23-12-11-16(19(23)25)22-18(24)10-9-13-5-1-3-7-15(13)21;/h1-8,16H,9-12,21H2,(H,22,24);1H. The predicted octanol–water partition coefficient (Wildman–Crippen LogP) is 3.20. The Morgan fingerprint density at radius 3 is 2.62 bits per heavy atom. The first-order valence-corrected chi connectivity index (χ1v) is 8.62. The van der Waals surface area contributed by atoms with Crippen LogP contribution in [0.1, 0.15) is 18.4 Å². The summed E-state index contributed by atoms with van der Waals surface area (Å²) in [6, 6.07) is 14.2. The van der Waals surface area contributed by atoms with Gasteiger partial charge in [0.2, 0.25) is 11.8 Å². The summed E-state index contributed by atoms with van der Waals surface area (Å²) in [5.74, 6) is -0.275. The maximum absolute atomic E-state index is 12.6. The van der Waals surface area contributed by atoms with Gasteiger partial charge in [-0.3, -0.25) is 9.59 Å². The van der Waals surface area contributed by atoms with Gasteiger partial charge in [-0.15, -0.1) is 12.4 Å². The molecule has 1 aliphatic rings. The molecule has 2 aromatic rings. The van der Waals surface area contributed by atoms with Gasteiger partial charge >= 0.3 is 0 Å². The Hall–Kier alpha value is -2.24. The second-order valence-corrected chi connectivity index (χ2v) is 6.46. The Labute approximate surface area is 163 Å². The number of rotatable bonds is 5. The van der Waals surface area contributed by atoms with E-state index < -0.39 is 6.04 Å². The highest BCUT2D eigenvalue weighted by Gasteiger charge is 2.34. The van der Waals surface area contributed by atoms with Crippen molar-refractivity contribution in [3.05, 3.63) is 59.1 Å². The van der Waals surface area contributed by atoms with E-state index in [4.69, 9.17) is 17.3 Å². The van der Waals surface area contributed by atoms with Crippen LogP contribution in [0.5, 0.6) is 0 Å². The van der Waals surface area contributed by atoms with E-state index in [2.05, 4.69) is 5.32 Å². The summed E-state index contributed by atoms with van der Waals surface area (Å²) in [5.41, 5.74) is 8.18. The van der Waals surface area contributed by atoms with Gasteiger partial charge < -0.3 is 16.0 Å². The lowest BCUT2D eigenvalue weighted by atomic mass is 10.1. The maximum Gasteiger partial charge on any atom is 0.249 e. The Bertz CT molecular complexity index is 798. The third kappa shape index (κ3) is 4.48. The van der Waals surface area contributed by atoms with Crippen LogP contribution in [-0.2, 0) is 16.0 Å². The van der Waals surface area contributed by atoms with E-state index in [1.165, 1.54) is 0 Å². The van der Waals surface area contributed by atoms with Gasteiger partial charge in [-0.05, 0) is 36.6 Å². The molecule has 1 unspecified atom stereocenters. The highest BCUT2D eigenvalue weighted by Crippen LogP contribution is 2.29. The summed E-state index contributed by atoms with van der Waals surface area (Å²) in [6.45, 7) is 0.541. The minimum Gasteiger partial charge on any atom is -0.399 e. The van der Waals surface area contributed by atoms with Gasteiger partial charge in [0.05, 0.1) is 10.7 Å². The van der Waals surface area contributed by atoms with Gasteiger partial charge in [-0.25, -0.2) is 0 Å². The molecule has 1 heterocycles. The molecule has 0 aliphatic carbocycles. The largest absolute Gasteiger partial charge is 0.399 e. The smallest absolute Gasteiger partial charge is 0.249 e. The lowest BCUT2D eigenvalue weighted by molar-refractivity contribution is -0.126. The number of anilines is 2. The molecule has 0 bridgehead atoms. The van der Waals surface area contributed by atoms with Crippen molar-refractivity contribution in [2.45, 2.75) is 25.3 Å². The van der Waals surface area contributed by atoms with E-state index in [-0.39, 0.29) is 24.2 Å². The number of aryl methyl sites for hydroxylation is 1. The number of carbonyl (C=O) groups is 2. The average Bonchev–Trinajstić information content (AvgIpc) is 2.95. The van der Waals surface area contributed by atoms with Crippen molar-refractivity contribution in [2.24, 2.45) is 0 Å². The van der Waals surface area contributed by atoms with E-state index in [0.29, 0.717) is 42.2 Å². The molecule has 26 heavy (non-hydrogen) atoms. The molecule has 0 saturated carbocycles. The van der Waals surface area contributed by atoms with E-state index in [0.717, 1.165) is 5.56 Å². The number of nitrogens with two attached hydrogens (primary N) is 1. The molecular weight excluding hydrogens is 373 g/mol. The minimum atomic E-state index is -0.503. The lowest BCUT2D eigenvalue weighted by Gasteiger charge is -2.18. The molecule has 138 valence electrons. The van der Waals surface area contributed by atoms with Crippen molar-refractivity contribution in [3.63, 3.8) is 0 Å². The van der Waals surface area contributed by atoms with Gasteiger partial charge in [0.25, 0.3) is 0 Å². The molecule has 0 aromatic heterocycles. The number of hydrogen-bond donors (Lipinski definition) is 2. The van der Waals surface area contributed by atoms with Crippen LogP contribution in [0, 0.1) is 0 Å². The number of halogens is 2. The minimum absolute atomic E-state index is 0. The molecule has 5 nitrogen and oxygen atoms in total. The first-order chi connectivity index (χ1) is 12.1. The van der Waals surface area contributed by atoms with E-state index in [1.54, 1.807) is 11.0 Å². The molecule has 1 saturated heterocycles. The Kier molecular flexibility index (Phi) is 6.89. The second kappa shape index (κ2) is 8.92. The Balaban J connectivity index is 0.00000243. The third-order valence-electron chi connectivity index (χ3n) is 4.36. The molecule has 2 amide bonds. The Morgan fingerprint density at radius 1 is 1.19 bits per heavy atom. The fourth-order valence-electron chi connectivity index (χ4n) is 3.00. The van der Waals surface area contributed by atoms with E-state index in [1.807, 2.05) is 42.5 Å². The van der Waals surface area contributed by atoms with Gasteiger partial charge in [0.15, 0.2) is 0 Å². The van der Waals surface area contributed by atoms with Crippen molar-refractivity contribution < 1.29 is 9.59 Å². The maximum atomic E-state index is 12.6. The predicted molar refractivity (Wildman–Crippen MR) is 107 cm³/mol. The number of nitrogens with zero attached hydrogens (tertiary/aromatic N) is 1. The zero-order valence-electron chi connectivity index (χ0n) is 14.2. The van der Waals surface area contributed by atoms with Crippen LogP contribution in [-0.4, -0.2) is 24.4 Å². The van der Waals surface area contributed by atoms with Gasteiger partial charge in [-0.2, -0.15) is 0 Å². The summed E-state index contributed by atoms with van der Waals surface area (Å²) in [5, 5.41) is 3.35. The molecule has 7 heteroatoms. The molecule has 1 aliphatic heterocycles. The third-order valence-corrected chi connectivity index (χ3v) is 4.68. The molecule has 0 radical (unpaired) electrons. The van der Waals surface area contributed by atoms with Crippen LogP contribution in [0.15, 0.2) is 48.5 Å². The molecule has 2 aromatic carbocycles. The topological polar surface area (TPSA) is 75.4 Å². The molecule has 3 rings (SSSR count). The fourth-order valence-corrected chi connectivity index (χ4v) is 3.24. The molecule has 1 fully saturated rings. The number of carbonyl (C=O) groups excluding carboxylic acids is 2. The Morgan fingerprint density at radius 2 is 1.88 bits per heavy atom. The molecule has 0 spiro atoms. The quantitative estimate of drug-likeness (QED) is 0.765. The lowest BCUT2D eigenvalue weighted by Crippen LogP contribution is -2.41. The molecular formula is C19H21Cl2N3O2. The number of nitrogen functional groups attached to an aromatic ring is 1. The number of nitrogens with one attached hydrogen (secondary N) is 1. The summed E-state index contributed by atoms with van der Waals surface area (Å²) in [6.07, 6.45) is 1.42. The van der Waals surface area contributed by atoms with Crippen LogP contribution in [0.25, 0.3) is 0 Å². The number of amides is 2. The number of hydrogen-bond acceptors (Lipinski definition) is 3. The van der Waals surface area contributed by atoms with Crippen molar-refractivity contribution in [1.82, 2.24) is 5.32 Å². The van der Waals surface area contributed by atoms with E-state index in [9.17, 15) is 9.59 Å². The number of para-hydroxylation sites is 2. The van der Waals surface area contributed by atoms with Gasteiger partial charge in [0, 0.05) is 18.7 Å². The fraction of sp³-hybridized carbons (Fsp3) is 0.263. The zero-order chi connectivity index (χ0) is 17.8. The van der Waals surface area contributed by atoms with Crippen molar-refractivity contribution in [3.8, 4) is 0 Å². The summed E-state index contributed by atoms with van der Waals surface area (Å²) in [7, 11) is 0. The monoisotopic (exact) mass is 393 g/mol. The summed E-state index contributed by atoms with van der Waals surface area (Å²) in [4.78, 5) is 26.4. The van der Waals surface area contributed by atoms with Crippen molar-refractivity contribution >= 4 is 47.2 Å². The SMILES string of the molecule is Cl.Nc1ccccc1CCC(=O)NC1CCN(c2ccccc2Cl)C1=O. The first-order valence-electron chi connectivity index (χ1n) is 8.25. The first kappa shape index (κ1) is 20.1.